The molecule has 3 heteroatoms. The van der Waals surface area contributed by atoms with Crippen LogP contribution in [0.2, 0.25) is 5.02 Å². The number of hydrogen-bond donors (Lipinski definition) is 1. The monoisotopic (exact) mass is 263 g/mol. The average molecular weight is 264 g/mol. The molecule has 0 aliphatic heterocycles. The summed E-state index contributed by atoms with van der Waals surface area (Å²) in [5.41, 5.74) is 3.32. The SMILES string of the molecule is CCc1ccc(NCc2ccc(F)c(Cl)c2)cc1. The van der Waals surface area contributed by atoms with Gasteiger partial charge in [0.05, 0.1) is 5.02 Å². The van der Waals surface area contributed by atoms with Crippen molar-refractivity contribution in [1.29, 1.82) is 0 Å². The summed E-state index contributed by atoms with van der Waals surface area (Å²) in [6, 6.07) is 13.0. The van der Waals surface area contributed by atoms with Crippen LogP contribution < -0.4 is 5.32 Å². The van der Waals surface area contributed by atoms with E-state index in [0.29, 0.717) is 6.54 Å². The van der Waals surface area contributed by atoms with Crippen molar-refractivity contribution in [3.05, 3.63) is 64.4 Å². The second-order valence-corrected chi connectivity index (χ2v) is 4.56. The summed E-state index contributed by atoms with van der Waals surface area (Å²) < 4.78 is 13.0. The van der Waals surface area contributed by atoms with Gasteiger partial charge in [-0.15, -0.1) is 0 Å². The number of rotatable bonds is 4. The largest absolute Gasteiger partial charge is 0.381 e. The molecular weight excluding hydrogens is 249 g/mol. The minimum atomic E-state index is -0.382. The van der Waals surface area contributed by atoms with Gasteiger partial charge in [0, 0.05) is 12.2 Å². The molecule has 18 heavy (non-hydrogen) atoms. The van der Waals surface area contributed by atoms with E-state index in [1.807, 2.05) is 12.1 Å². The summed E-state index contributed by atoms with van der Waals surface area (Å²) in [5.74, 6) is -0.382. The highest BCUT2D eigenvalue weighted by atomic mass is 35.5. The Balaban J connectivity index is 1.99. The zero-order valence-corrected chi connectivity index (χ0v) is 11.0. The van der Waals surface area contributed by atoms with Gasteiger partial charge in [0.15, 0.2) is 0 Å². The number of benzene rings is 2. The van der Waals surface area contributed by atoms with Crippen LogP contribution in [0, 0.1) is 5.82 Å². The molecule has 2 aromatic carbocycles. The maximum Gasteiger partial charge on any atom is 0.141 e. The number of anilines is 1. The summed E-state index contributed by atoms with van der Waals surface area (Å²) in [6.07, 6.45) is 1.04. The predicted molar refractivity (Wildman–Crippen MR) is 74.6 cm³/mol. The van der Waals surface area contributed by atoms with Crippen LogP contribution in [0.1, 0.15) is 18.1 Å². The van der Waals surface area contributed by atoms with Gasteiger partial charge in [0.2, 0.25) is 0 Å². The summed E-state index contributed by atoms with van der Waals surface area (Å²) in [7, 11) is 0. The Labute approximate surface area is 112 Å². The van der Waals surface area contributed by atoms with Crippen molar-refractivity contribution in [2.75, 3.05) is 5.32 Å². The van der Waals surface area contributed by atoms with Gasteiger partial charge in [-0.05, 0) is 41.8 Å². The molecule has 0 aromatic heterocycles. The number of aryl methyl sites for hydroxylation is 1. The van der Waals surface area contributed by atoms with Crippen LogP contribution in [-0.4, -0.2) is 0 Å². The van der Waals surface area contributed by atoms with Crippen LogP contribution in [-0.2, 0) is 13.0 Å². The lowest BCUT2D eigenvalue weighted by molar-refractivity contribution is 0.627. The van der Waals surface area contributed by atoms with E-state index in [0.717, 1.165) is 17.7 Å². The van der Waals surface area contributed by atoms with Crippen molar-refractivity contribution < 1.29 is 4.39 Å². The molecule has 0 spiro atoms. The maximum absolute atomic E-state index is 13.0. The molecule has 94 valence electrons. The highest BCUT2D eigenvalue weighted by Gasteiger charge is 2.00. The Morgan fingerprint density at radius 1 is 1.06 bits per heavy atom. The fourth-order valence-corrected chi connectivity index (χ4v) is 1.92. The zero-order valence-electron chi connectivity index (χ0n) is 10.2. The van der Waals surface area contributed by atoms with E-state index < -0.39 is 0 Å². The Bertz CT molecular complexity index is 523. The second kappa shape index (κ2) is 5.87. The van der Waals surface area contributed by atoms with Crippen molar-refractivity contribution in [1.82, 2.24) is 0 Å². The molecule has 2 aromatic rings. The standard InChI is InChI=1S/C15H15ClFN/c1-2-11-3-6-13(7-4-11)18-10-12-5-8-15(17)14(16)9-12/h3-9,18H,2,10H2,1H3. The molecule has 0 radical (unpaired) electrons. The normalized spacial score (nSPS) is 10.4. The molecule has 0 atom stereocenters. The van der Waals surface area contributed by atoms with Crippen molar-refractivity contribution in [3.63, 3.8) is 0 Å². The van der Waals surface area contributed by atoms with Crippen LogP contribution in [0.15, 0.2) is 42.5 Å². The number of hydrogen-bond acceptors (Lipinski definition) is 1. The molecule has 0 unspecified atom stereocenters. The van der Waals surface area contributed by atoms with Crippen LogP contribution in [0.5, 0.6) is 0 Å². The molecule has 0 amide bonds. The average Bonchev–Trinajstić information content (AvgIpc) is 2.41. The summed E-state index contributed by atoms with van der Waals surface area (Å²) in [6.45, 7) is 2.76. The van der Waals surface area contributed by atoms with E-state index in [1.54, 1.807) is 12.1 Å². The Morgan fingerprint density at radius 2 is 1.72 bits per heavy atom. The first-order chi connectivity index (χ1) is 8.69. The van der Waals surface area contributed by atoms with Crippen LogP contribution >= 0.6 is 11.6 Å². The Hall–Kier alpha value is -1.54. The lowest BCUT2D eigenvalue weighted by Gasteiger charge is -2.08. The first kappa shape index (κ1) is 12.9. The van der Waals surface area contributed by atoms with Gasteiger partial charge >= 0.3 is 0 Å². The molecule has 0 heterocycles. The van der Waals surface area contributed by atoms with Gasteiger partial charge in [0.25, 0.3) is 0 Å². The minimum absolute atomic E-state index is 0.163. The number of nitrogens with one attached hydrogen (secondary N) is 1. The molecule has 0 fully saturated rings. The van der Waals surface area contributed by atoms with Gasteiger partial charge < -0.3 is 5.32 Å². The van der Waals surface area contributed by atoms with E-state index in [1.165, 1.54) is 11.6 Å². The third-order valence-corrected chi connectivity index (χ3v) is 3.13. The fraction of sp³-hybridized carbons (Fsp3) is 0.200. The molecule has 2 rings (SSSR count). The molecule has 0 bridgehead atoms. The van der Waals surface area contributed by atoms with E-state index in [4.69, 9.17) is 11.6 Å². The van der Waals surface area contributed by atoms with Crippen LogP contribution in [0.25, 0.3) is 0 Å². The van der Waals surface area contributed by atoms with Gasteiger partial charge in [-0.1, -0.05) is 36.7 Å². The zero-order chi connectivity index (χ0) is 13.0. The fourth-order valence-electron chi connectivity index (χ4n) is 1.71. The lowest BCUT2D eigenvalue weighted by atomic mass is 10.1. The molecule has 0 saturated carbocycles. The quantitative estimate of drug-likeness (QED) is 0.846. The highest BCUT2D eigenvalue weighted by Crippen LogP contribution is 2.17. The highest BCUT2D eigenvalue weighted by molar-refractivity contribution is 6.30. The van der Waals surface area contributed by atoms with E-state index in [-0.39, 0.29) is 10.8 Å². The Kier molecular flexibility index (Phi) is 4.21. The van der Waals surface area contributed by atoms with Gasteiger partial charge in [-0.3, -0.25) is 0 Å². The van der Waals surface area contributed by atoms with Crippen LogP contribution in [0.4, 0.5) is 10.1 Å². The minimum Gasteiger partial charge on any atom is -0.381 e. The van der Waals surface area contributed by atoms with Gasteiger partial charge in [0.1, 0.15) is 5.82 Å². The van der Waals surface area contributed by atoms with E-state index >= 15 is 0 Å². The van der Waals surface area contributed by atoms with Crippen molar-refractivity contribution in [3.8, 4) is 0 Å². The molecule has 1 N–H and O–H groups in total. The first-order valence-electron chi connectivity index (χ1n) is 5.96. The maximum atomic E-state index is 13.0. The molecule has 0 saturated heterocycles. The second-order valence-electron chi connectivity index (χ2n) is 4.15. The van der Waals surface area contributed by atoms with Gasteiger partial charge in [-0.2, -0.15) is 0 Å². The smallest absolute Gasteiger partial charge is 0.141 e. The van der Waals surface area contributed by atoms with Crippen molar-refractivity contribution >= 4 is 17.3 Å². The molecule has 1 nitrogen and oxygen atoms in total. The summed E-state index contributed by atoms with van der Waals surface area (Å²) in [4.78, 5) is 0. The van der Waals surface area contributed by atoms with E-state index in [9.17, 15) is 4.39 Å². The Morgan fingerprint density at radius 3 is 2.33 bits per heavy atom. The predicted octanol–water partition coefficient (Wildman–Crippen LogP) is 4.65. The molecule has 0 aliphatic rings. The van der Waals surface area contributed by atoms with Crippen LogP contribution in [0.3, 0.4) is 0 Å². The summed E-state index contributed by atoms with van der Waals surface area (Å²) in [5, 5.41) is 3.44. The number of halogens is 2. The third kappa shape index (κ3) is 3.23. The molecule has 0 aliphatic carbocycles. The lowest BCUT2D eigenvalue weighted by Crippen LogP contribution is -1.99. The van der Waals surface area contributed by atoms with E-state index in [2.05, 4.69) is 24.4 Å². The molecular formula is C15H15ClFN. The van der Waals surface area contributed by atoms with Crippen molar-refractivity contribution in [2.45, 2.75) is 19.9 Å². The third-order valence-electron chi connectivity index (χ3n) is 2.84. The topological polar surface area (TPSA) is 12.0 Å². The summed E-state index contributed by atoms with van der Waals surface area (Å²) >= 11 is 5.73. The first-order valence-corrected chi connectivity index (χ1v) is 6.33. The van der Waals surface area contributed by atoms with Crippen molar-refractivity contribution in [2.24, 2.45) is 0 Å². The van der Waals surface area contributed by atoms with Gasteiger partial charge in [-0.25, -0.2) is 4.39 Å².